The predicted octanol–water partition coefficient (Wildman–Crippen LogP) is 4.44. The average Bonchev–Trinajstić information content (AvgIpc) is 3.07. The Balaban J connectivity index is 1.72. The Morgan fingerprint density at radius 3 is 2.70 bits per heavy atom. The SMILES string of the molecule is Cc1c(C(=O)NCC(C)(C)N2CCCC(C)C2)cnn1-c1cccc(C(F)(F)F)c1. The van der Waals surface area contributed by atoms with E-state index in [2.05, 4.69) is 36.1 Å². The normalized spacial score (nSPS) is 18.4. The third kappa shape index (κ3) is 4.86. The Kier molecular flexibility index (Phi) is 6.26. The van der Waals surface area contributed by atoms with Gasteiger partial charge in [0, 0.05) is 18.6 Å². The van der Waals surface area contributed by atoms with Crippen LogP contribution >= 0.6 is 0 Å². The molecule has 30 heavy (non-hydrogen) atoms. The standard InChI is InChI=1S/C22H29F3N4O/c1-15-7-6-10-28(13-15)21(3,4)14-26-20(30)19-12-27-29(16(19)2)18-9-5-8-17(11-18)22(23,24)25/h5,8-9,11-12,15H,6-7,10,13-14H2,1-4H3,(H,26,30). The number of aromatic nitrogens is 2. The first kappa shape index (κ1) is 22.3. The summed E-state index contributed by atoms with van der Waals surface area (Å²) in [7, 11) is 0. The second-order valence-corrected chi connectivity index (χ2v) is 8.79. The van der Waals surface area contributed by atoms with Crippen molar-refractivity contribution in [2.45, 2.75) is 52.3 Å². The molecule has 1 fully saturated rings. The summed E-state index contributed by atoms with van der Waals surface area (Å²) in [6.45, 7) is 10.7. The number of halogens is 3. The highest BCUT2D eigenvalue weighted by Crippen LogP contribution is 2.30. The minimum Gasteiger partial charge on any atom is -0.350 e. The minimum absolute atomic E-state index is 0.185. The summed E-state index contributed by atoms with van der Waals surface area (Å²) in [5, 5.41) is 7.13. The average molecular weight is 422 g/mol. The van der Waals surface area contributed by atoms with Crippen LogP contribution in [0.5, 0.6) is 0 Å². The van der Waals surface area contributed by atoms with Gasteiger partial charge in [0.25, 0.3) is 5.91 Å². The number of amides is 1. The quantitative estimate of drug-likeness (QED) is 0.775. The van der Waals surface area contributed by atoms with Gasteiger partial charge in [-0.3, -0.25) is 9.69 Å². The van der Waals surface area contributed by atoms with Gasteiger partial charge in [0.05, 0.1) is 28.7 Å². The molecule has 164 valence electrons. The number of alkyl halides is 3. The van der Waals surface area contributed by atoms with Crippen LogP contribution in [0, 0.1) is 12.8 Å². The van der Waals surface area contributed by atoms with Crippen molar-refractivity contribution in [3.05, 3.63) is 47.3 Å². The molecule has 1 aromatic heterocycles. The number of benzene rings is 1. The van der Waals surface area contributed by atoms with E-state index < -0.39 is 11.7 Å². The molecule has 0 saturated carbocycles. The Labute approximate surface area is 175 Å². The molecule has 1 saturated heterocycles. The van der Waals surface area contributed by atoms with Crippen molar-refractivity contribution in [1.29, 1.82) is 0 Å². The number of nitrogens with one attached hydrogen (secondary N) is 1. The maximum Gasteiger partial charge on any atom is 0.416 e. The summed E-state index contributed by atoms with van der Waals surface area (Å²) in [6.07, 6.45) is -0.649. The maximum atomic E-state index is 13.0. The van der Waals surface area contributed by atoms with Crippen LogP contribution in [-0.4, -0.2) is 45.8 Å². The molecule has 2 heterocycles. The van der Waals surface area contributed by atoms with E-state index in [0.717, 1.165) is 31.6 Å². The van der Waals surface area contributed by atoms with Gasteiger partial charge in [-0.2, -0.15) is 18.3 Å². The monoisotopic (exact) mass is 422 g/mol. The lowest BCUT2D eigenvalue weighted by atomic mass is 9.93. The Hall–Kier alpha value is -2.35. The van der Waals surface area contributed by atoms with Gasteiger partial charge in [-0.15, -0.1) is 0 Å². The second kappa shape index (κ2) is 8.41. The number of rotatable bonds is 5. The molecule has 8 heteroatoms. The molecule has 3 rings (SSSR count). The molecule has 0 radical (unpaired) electrons. The number of nitrogens with zero attached hydrogens (tertiary/aromatic N) is 3. The molecule has 1 unspecified atom stereocenters. The van der Waals surface area contributed by atoms with E-state index in [9.17, 15) is 18.0 Å². The Morgan fingerprint density at radius 2 is 2.03 bits per heavy atom. The lowest BCUT2D eigenvalue weighted by Crippen LogP contribution is -2.54. The zero-order valence-electron chi connectivity index (χ0n) is 17.9. The smallest absolute Gasteiger partial charge is 0.350 e. The van der Waals surface area contributed by atoms with Gasteiger partial charge in [0.15, 0.2) is 0 Å². The zero-order valence-corrected chi connectivity index (χ0v) is 17.9. The third-order valence-corrected chi connectivity index (χ3v) is 5.87. The highest BCUT2D eigenvalue weighted by Gasteiger charge is 2.32. The molecule has 2 aromatic rings. The Morgan fingerprint density at radius 1 is 1.30 bits per heavy atom. The summed E-state index contributed by atoms with van der Waals surface area (Å²) in [5.74, 6) is 0.366. The Bertz CT molecular complexity index is 904. The van der Waals surface area contributed by atoms with Gasteiger partial charge in [0.2, 0.25) is 0 Å². The second-order valence-electron chi connectivity index (χ2n) is 8.79. The van der Waals surface area contributed by atoms with Crippen LogP contribution in [0.1, 0.15) is 55.2 Å². The lowest BCUT2D eigenvalue weighted by molar-refractivity contribution is -0.137. The number of piperidine rings is 1. The molecule has 0 bridgehead atoms. The van der Waals surface area contributed by atoms with E-state index in [1.165, 1.54) is 29.4 Å². The van der Waals surface area contributed by atoms with Crippen LogP contribution in [-0.2, 0) is 6.18 Å². The van der Waals surface area contributed by atoms with Crippen molar-refractivity contribution < 1.29 is 18.0 Å². The van der Waals surface area contributed by atoms with E-state index in [1.54, 1.807) is 6.92 Å². The molecule has 1 aliphatic heterocycles. The first-order valence-electron chi connectivity index (χ1n) is 10.2. The van der Waals surface area contributed by atoms with E-state index in [-0.39, 0.29) is 17.1 Å². The van der Waals surface area contributed by atoms with E-state index in [1.807, 2.05) is 0 Å². The van der Waals surface area contributed by atoms with Crippen molar-refractivity contribution in [1.82, 2.24) is 20.0 Å². The van der Waals surface area contributed by atoms with Crippen LogP contribution in [0.3, 0.4) is 0 Å². The molecular weight excluding hydrogens is 393 g/mol. The number of carbonyl (C=O) groups is 1. The van der Waals surface area contributed by atoms with Crippen molar-refractivity contribution in [3.63, 3.8) is 0 Å². The van der Waals surface area contributed by atoms with Crippen molar-refractivity contribution in [3.8, 4) is 5.69 Å². The van der Waals surface area contributed by atoms with E-state index in [0.29, 0.717) is 23.7 Å². The summed E-state index contributed by atoms with van der Waals surface area (Å²) in [6, 6.07) is 4.92. The maximum absolute atomic E-state index is 13.0. The zero-order chi connectivity index (χ0) is 22.1. The first-order valence-corrected chi connectivity index (χ1v) is 10.2. The fourth-order valence-electron chi connectivity index (χ4n) is 3.95. The number of hydrogen-bond donors (Lipinski definition) is 1. The van der Waals surface area contributed by atoms with Crippen LogP contribution in [0.2, 0.25) is 0 Å². The molecule has 0 aliphatic carbocycles. The largest absolute Gasteiger partial charge is 0.416 e. The minimum atomic E-state index is -4.44. The van der Waals surface area contributed by atoms with Crippen LogP contribution in [0.25, 0.3) is 5.69 Å². The highest BCUT2D eigenvalue weighted by atomic mass is 19.4. The molecule has 1 aromatic carbocycles. The fourth-order valence-corrected chi connectivity index (χ4v) is 3.95. The summed E-state index contributed by atoms with van der Waals surface area (Å²) in [5.41, 5.74) is 0.184. The van der Waals surface area contributed by atoms with Gasteiger partial charge in [0.1, 0.15) is 0 Å². The topological polar surface area (TPSA) is 50.2 Å². The fraction of sp³-hybridized carbons (Fsp3) is 0.545. The van der Waals surface area contributed by atoms with Crippen LogP contribution < -0.4 is 5.32 Å². The van der Waals surface area contributed by atoms with Gasteiger partial charge in [-0.05, 0) is 64.3 Å². The number of hydrogen-bond acceptors (Lipinski definition) is 3. The van der Waals surface area contributed by atoms with Crippen molar-refractivity contribution >= 4 is 5.91 Å². The molecule has 0 spiro atoms. The van der Waals surface area contributed by atoms with Crippen molar-refractivity contribution in [2.24, 2.45) is 5.92 Å². The third-order valence-electron chi connectivity index (χ3n) is 5.87. The molecule has 1 atom stereocenters. The molecule has 1 aliphatic rings. The van der Waals surface area contributed by atoms with Gasteiger partial charge in [-0.1, -0.05) is 13.0 Å². The molecule has 1 amide bonds. The lowest BCUT2D eigenvalue weighted by Gasteiger charge is -2.43. The summed E-state index contributed by atoms with van der Waals surface area (Å²) < 4.78 is 40.4. The van der Waals surface area contributed by atoms with Gasteiger partial charge in [-0.25, -0.2) is 4.68 Å². The molecule has 5 nitrogen and oxygen atoms in total. The van der Waals surface area contributed by atoms with Crippen molar-refractivity contribution in [2.75, 3.05) is 19.6 Å². The van der Waals surface area contributed by atoms with E-state index in [4.69, 9.17) is 0 Å². The highest BCUT2D eigenvalue weighted by molar-refractivity contribution is 5.95. The molecular formula is C22H29F3N4O. The summed E-state index contributed by atoms with van der Waals surface area (Å²) in [4.78, 5) is 15.2. The van der Waals surface area contributed by atoms with Crippen LogP contribution in [0.15, 0.2) is 30.5 Å². The number of likely N-dealkylation sites (tertiary alicyclic amines) is 1. The summed E-state index contributed by atoms with van der Waals surface area (Å²) >= 11 is 0. The van der Waals surface area contributed by atoms with Gasteiger partial charge < -0.3 is 5.32 Å². The van der Waals surface area contributed by atoms with Crippen LogP contribution in [0.4, 0.5) is 13.2 Å². The first-order chi connectivity index (χ1) is 14.0. The van der Waals surface area contributed by atoms with E-state index >= 15 is 0 Å². The number of carbonyl (C=O) groups excluding carboxylic acids is 1. The predicted molar refractivity (Wildman–Crippen MR) is 110 cm³/mol. The van der Waals surface area contributed by atoms with Gasteiger partial charge >= 0.3 is 6.18 Å². The molecule has 1 N–H and O–H groups in total.